The Bertz CT molecular complexity index is 1520. The Kier molecular flexibility index (Phi) is 59.5. The number of quaternary nitrogens is 1. The number of rotatable bonds is 64. The largest absolute Gasteiger partial charge is 0.756 e. The van der Waals surface area contributed by atoms with E-state index in [1.54, 1.807) is 0 Å². The number of phosphoric acid groups is 1. The molecule has 0 aliphatic carbocycles. The second kappa shape index (κ2) is 61.1. The Morgan fingerprint density at radius 2 is 0.753 bits per heavy atom. The fraction of sp³-hybridized carbons (Fsp3) is 0.859. The van der Waals surface area contributed by atoms with E-state index in [2.05, 4.69) is 62.5 Å². The zero-order valence-electron chi connectivity index (χ0n) is 54.5. The van der Waals surface area contributed by atoms with E-state index in [0.29, 0.717) is 17.4 Å². The van der Waals surface area contributed by atoms with E-state index in [4.69, 9.17) is 13.8 Å². The zero-order valence-corrected chi connectivity index (χ0v) is 55.4. The van der Waals surface area contributed by atoms with Crippen LogP contribution in [0.4, 0.5) is 0 Å². The molecule has 1 amide bonds. The SMILES string of the molecule is CCCCC/C=C/C=C/CCCCCCCCC(=O)OC(/C=C\CCCCCCCCCCCCC)C(COP(=O)([O-])OCC[N+](C)(C)C)NC(=O)CCCCCCCCCCCCCCCCCCC/C=C/CCCCCCCC. The summed E-state index contributed by atoms with van der Waals surface area (Å²) in [6, 6.07) is -0.892. The van der Waals surface area contributed by atoms with Crippen LogP contribution in [0.2, 0.25) is 0 Å². The summed E-state index contributed by atoms with van der Waals surface area (Å²) in [7, 11) is 1.19. The van der Waals surface area contributed by atoms with Crippen LogP contribution < -0.4 is 10.2 Å². The number of hydrogen-bond acceptors (Lipinski definition) is 7. The van der Waals surface area contributed by atoms with Crippen molar-refractivity contribution in [3.05, 3.63) is 48.6 Å². The number of carbonyl (C=O) groups excluding carboxylic acids is 2. The Morgan fingerprint density at radius 1 is 0.432 bits per heavy atom. The predicted molar refractivity (Wildman–Crippen MR) is 349 cm³/mol. The van der Waals surface area contributed by atoms with Crippen LogP contribution >= 0.6 is 7.82 Å². The monoisotopic (exact) mass is 1160 g/mol. The van der Waals surface area contributed by atoms with Gasteiger partial charge in [-0.1, -0.05) is 294 Å². The van der Waals surface area contributed by atoms with Gasteiger partial charge in [-0.3, -0.25) is 14.2 Å². The molecule has 0 aromatic heterocycles. The highest BCUT2D eigenvalue weighted by Gasteiger charge is 2.27. The summed E-state index contributed by atoms with van der Waals surface area (Å²) < 4.78 is 30.4. The first kappa shape index (κ1) is 79.0. The summed E-state index contributed by atoms with van der Waals surface area (Å²) in [5.41, 5.74) is 0. The molecule has 0 aliphatic heterocycles. The summed E-state index contributed by atoms with van der Waals surface area (Å²) in [5, 5.41) is 3.04. The number of esters is 1. The number of phosphoric ester groups is 1. The molecule has 0 aromatic rings. The van der Waals surface area contributed by atoms with Crippen LogP contribution in [0.15, 0.2) is 48.6 Å². The van der Waals surface area contributed by atoms with E-state index in [1.165, 1.54) is 231 Å². The van der Waals surface area contributed by atoms with Gasteiger partial charge in [-0.15, -0.1) is 0 Å². The quantitative estimate of drug-likeness (QED) is 0.0161. The van der Waals surface area contributed by atoms with Gasteiger partial charge >= 0.3 is 5.97 Å². The third kappa shape index (κ3) is 62.3. The Labute approximate surface area is 503 Å². The van der Waals surface area contributed by atoms with Gasteiger partial charge in [0.1, 0.15) is 19.3 Å². The van der Waals surface area contributed by atoms with Crippen molar-refractivity contribution in [2.45, 2.75) is 354 Å². The third-order valence-corrected chi connectivity index (χ3v) is 16.7. The van der Waals surface area contributed by atoms with E-state index in [0.717, 1.165) is 77.0 Å². The lowest BCUT2D eigenvalue weighted by molar-refractivity contribution is -0.870. The van der Waals surface area contributed by atoms with Crippen molar-refractivity contribution in [2.75, 3.05) is 40.9 Å². The molecule has 3 unspecified atom stereocenters. The topological polar surface area (TPSA) is 114 Å². The zero-order chi connectivity index (χ0) is 59.3. The molecule has 0 fully saturated rings. The lowest BCUT2D eigenvalue weighted by Gasteiger charge is -2.30. The fourth-order valence-electron chi connectivity index (χ4n) is 10.3. The van der Waals surface area contributed by atoms with Gasteiger partial charge in [0, 0.05) is 12.8 Å². The average Bonchev–Trinajstić information content (AvgIpc) is 3.44. The van der Waals surface area contributed by atoms with Crippen LogP contribution in [0.5, 0.6) is 0 Å². The highest BCUT2D eigenvalue weighted by molar-refractivity contribution is 7.45. The van der Waals surface area contributed by atoms with Gasteiger partial charge in [-0.2, -0.15) is 0 Å². The summed E-state index contributed by atoms with van der Waals surface area (Å²) in [5.74, 6) is -0.540. The van der Waals surface area contributed by atoms with Gasteiger partial charge in [-0.25, -0.2) is 0 Å². The van der Waals surface area contributed by atoms with Crippen molar-refractivity contribution in [1.82, 2.24) is 5.32 Å². The summed E-state index contributed by atoms with van der Waals surface area (Å²) in [6.45, 7) is 6.85. The van der Waals surface area contributed by atoms with Crippen molar-refractivity contribution in [3.63, 3.8) is 0 Å². The first-order valence-corrected chi connectivity index (χ1v) is 36.4. The summed E-state index contributed by atoms with van der Waals surface area (Å²) >= 11 is 0. The van der Waals surface area contributed by atoms with Crippen molar-refractivity contribution in [3.8, 4) is 0 Å². The fourth-order valence-corrected chi connectivity index (χ4v) is 11.1. The van der Waals surface area contributed by atoms with E-state index in [1.807, 2.05) is 33.3 Å². The number of likely N-dealkylation sites (N-methyl/N-ethyl adjacent to an activating group) is 1. The van der Waals surface area contributed by atoms with Crippen molar-refractivity contribution in [2.24, 2.45) is 0 Å². The second-order valence-corrected chi connectivity index (χ2v) is 26.5. The predicted octanol–water partition coefficient (Wildman–Crippen LogP) is 21.4. The first-order chi connectivity index (χ1) is 39.4. The molecule has 3 atom stereocenters. The molecule has 0 heterocycles. The minimum atomic E-state index is -4.70. The van der Waals surface area contributed by atoms with Gasteiger partial charge < -0.3 is 28.5 Å². The van der Waals surface area contributed by atoms with Gasteiger partial charge in [-0.05, 0) is 83.1 Å². The normalized spacial score (nSPS) is 13.8. The lowest BCUT2D eigenvalue weighted by atomic mass is 10.0. The van der Waals surface area contributed by atoms with Gasteiger partial charge in [0.05, 0.1) is 33.8 Å². The molecule has 0 spiro atoms. The van der Waals surface area contributed by atoms with E-state index in [-0.39, 0.29) is 31.5 Å². The maximum Gasteiger partial charge on any atom is 0.306 e. The number of hydrogen-bond donors (Lipinski definition) is 1. The number of allylic oxidation sites excluding steroid dienone is 7. The van der Waals surface area contributed by atoms with Crippen molar-refractivity contribution in [1.29, 1.82) is 0 Å². The maximum absolute atomic E-state index is 13.6. The van der Waals surface area contributed by atoms with Crippen LogP contribution in [0.3, 0.4) is 0 Å². The first-order valence-electron chi connectivity index (χ1n) is 35.0. The molecule has 9 nitrogen and oxygen atoms in total. The molecular formula is C71H135N2O7P. The molecule has 1 N–H and O–H groups in total. The Hall–Kier alpha value is -2.03. The molecule has 0 aliphatic rings. The molecular weight excluding hydrogens is 1020 g/mol. The highest BCUT2D eigenvalue weighted by atomic mass is 31.2. The smallest absolute Gasteiger partial charge is 0.306 e. The molecule has 0 saturated heterocycles. The van der Waals surface area contributed by atoms with Crippen LogP contribution in [0, 0.1) is 0 Å². The molecule has 0 bridgehead atoms. The third-order valence-electron chi connectivity index (χ3n) is 15.8. The van der Waals surface area contributed by atoms with Gasteiger partial charge in [0.25, 0.3) is 7.82 Å². The Morgan fingerprint density at radius 3 is 1.15 bits per heavy atom. The minimum Gasteiger partial charge on any atom is -0.756 e. The number of carbonyl (C=O) groups is 2. The van der Waals surface area contributed by atoms with Gasteiger partial charge in [0.2, 0.25) is 5.91 Å². The van der Waals surface area contributed by atoms with E-state index >= 15 is 0 Å². The number of nitrogens with one attached hydrogen (secondary N) is 1. The van der Waals surface area contributed by atoms with Gasteiger partial charge in [0.15, 0.2) is 0 Å². The molecule has 0 aromatic carbocycles. The standard InChI is InChI=1S/C71H135N2O7P/c1-7-10-13-16-19-22-25-28-30-31-32-33-34-35-36-37-38-39-40-41-43-45-48-51-54-57-60-63-70(74)72-68(67-79-81(76,77)78-66-65-73(4,5)6)69(62-59-56-53-50-47-44-27-24-21-18-15-12-9-3)80-71(75)64-61-58-55-52-49-46-42-29-26-23-20-17-14-11-8-2/h20,23,26,28-30,59,62,68-69H,7-19,21-22,24-25,27,31-58,60-61,63-67H2,1-6H3,(H-,72,74,76,77)/b23-20+,29-26+,30-28+,62-59-. The highest BCUT2D eigenvalue weighted by Crippen LogP contribution is 2.38. The van der Waals surface area contributed by atoms with Crippen LogP contribution in [-0.4, -0.2) is 69.4 Å². The second-order valence-electron chi connectivity index (χ2n) is 25.1. The number of amides is 1. The molecule has 10 heteroatoms. The van der Waals surface area contributed by atoms with Crippen LogP contribution in [0.25, 0.3) is 0 Å². The molecule has 81 heavy (non-hydrogen) atoms. The van der Waals surface area contributed by atoms with Crippen LogP contribution in [-0.2, 0) is 27.9 Å². The van der Waals surface area contributed by atoms with Crippen LogP contribution in [0.1, 0.15) is 342 Å². The number of ether oxygens (including phenoxy) is 1. The van der Waals surface area contributed by atoms with Crippen molar-refractivity contribution < 1.29 is 37.3 Å². The van der Waals surface area contributed by atoms with E-state index < -0.39 is 20.0 Å². The molecule has 476 valence electrons. The lowest BCUT2D eigenvalue weighted by Crippen LogP contribution is -2.47. The van der Waals surface area contributed by atoms with Crippen molar-refractivity contribution >= 4 is 19.7 Å². The molecule has 0 rings (SSSR count). The number of unbranched alkanes of at least 4 members (excludes halogenated alkanes) is 43. The number of nitrogens with zero attached hydrogens (tertiary/aromatic N) is 1. The van der Waals surface area contributed by atoms with E-state index in [9.17, 15) is 19.0 Å². The molecule has 0 saturated carbocycles. The molecule has 0 radical (unpaired) electrons. The Balaban J connectivity index is 5.02. The average molecular weight is 1160 g/mol. The maximum atomic E-state index is 13.6. The summed E-state index contributed by atoms with van der Waals surface area (Å²) in [4.78, 5) is 40.1. The summed E-state index contributed by atoms with van der Waals surface area (Å²) in [6.07, 6.45) is 76.6. The minimum absolute atomic E-state index is 0.0229.